The summed E-state index contributed by atoms with van der Waals surface area (Å²) in [7, 11) is 0. The molecule has 9 heteroatoms. The number of aromatic nitrogens is 1. The molecule has 8 nitrogen and oxygen atoms in total. The average Bonchev–Trinajstić information content (AvgIpc) is 3.31. The molecular formula is C29H31N5O3S. The van der Waals surface area contributed by atoms with Gasteiger partial charge in [0.05, 0.1) is 22.5 Å². The Morgan fingerprint density at radius 1 is 1.05 bits per heavy atom. The molecule has 4 aromatic rings. The summed E-state index contributed by atoms with van der Waals surface area (Å²) in [6.07, 6.45) is 1.60. The monoisotopic (exact) mass is 529 g/mol. The molecule has 4 rings (SSSR count). The van der Waals surface area contributed by atoms with E-state index in [0.717, 1.165) is 35.7 Å². The van der Waals surface area contributed by atoms with Crippen molar-refractivity contribution in [2.75, 3.05) is 18.0 Å². The molecule has 0 saturated heterocycles. The lowest BCUT2D eigenvalue weighted by molar-refractivity contribution is -0.384. The number of anilines is 1. The van der Waals surface area contributed by atoms with Crippen LogP contribution in [0.5, 0.6) is 5.75 Å². The fourth-order valence-corrected chi connectivity index (χ4v) is 4.89. The van der Waals surface area contributed by atoms with Crippen molar-refractivity contribution in [3.63, 3.8) is 0 Å². The molecule has 0 aliphatic rings. The van der Waals surface area contributed by atoms with E-state index >= 15 is 0 Å². The molecule has 0 unspecified atom stereocenters. The summed E-state index contributed by atoms with van der Waals surface area (Å²) in [4.78, 5) is 18.3. The lowest BCUT2D eigenvalue weighted by Crippen LogP contribution is -2.21. The van der Waals surface area contributed by atoms with E-state index in [1.807, 2.05) is 29.6 Å². The first-order chi connectivity index (χ1) is 18.3. The van der Waals surface area contributed by atoms with Gasteiger partial charge in [-0.2, -0.15) is 5.10 Å². The standard InChI is InChI=1S/C29H31N5O3S/c1-5-32(6-2)26-16-11-23(28(35)17-26)18-30-33-27(22-9-14-25(15-10-22)34(36)37)19-38-29(33)31-24-12-7-21(8-13-24)20(3)4/h7-20,35H,5-6H2,1-4H3. The van der Waals surface area contributed by atoms with Crippen molar-refractivity contribution in [1.29, 1.82) is 0 Å². The molecule has 38 heavy (non-hydrogen) atoms. The Labute approximate surface area is 226 Å². The maximum atomic E-state index is 11.1. The largest absolute Gasteiger partial charge is 0.507 e. The molecule has 0 aliphatic carbocycles. The molecule has 0 amide bonds. The molecule has 0 bridgehead atoms. The number of hydrogen-bond acceptors (Lipinski definition) is 7. The van der Waals surface area contributed by atoms with Gasteiger partial charge in [0.15, 0.2) is 0 Å². The van der Waals surface area contributed by atoms with Crippen LogP contribution < -0.4 is 9.70 Å². The van der Waals surface area contributed by atoms with Crippen molar-refractivity contribution in [2.24, 2.45) is 10.1 Å². The van der Waals surface area contributed by atoms with Gasteiger partial charge in [0.1, 0.15) is 5.75 Å². The highest BCUT2D eigenvalue weighted by molar-refractivity contribution is 7.07. The number of thiazole rings is 1. The van der Waals surface area contributed by atoms with E-state index in [2.05, 4.69) is 49.8 Å². The van der Waals surface area contributed by atoms with Gasteiger partial charge in [-0.15, -0.1) is 11.3 Å². The lowest BCUT2D eigenvalue weighted by Gasteiger charge is -2.21. The Balaban J connectivity index is 1.77. The summed E-state index contributed by atoms with van der Waals surface area (Å²) >= 11 is 1.42. The molecule has 0 aliphatic heterocycles. The van der Waals surface area contributed by atoms with Crippen molar-refractivity contribution >= 4 is 34.6 Å². The van der Waals surface area contributed by atoms with Crippen LogP contribution in [-0.4, -0.2) is 34.0 Å². The summed E-state index contributed by atoms with van der Waals surface area (Å²) in [6.45, 7) is 10.1. The molecule has 0 saturated carbocycles. The van der Waals surface area contributed by atoms with E-state index in [0.29, 0.717) is 16.3 Å². The van der Waals surface area contributed by atoms with E-state index < -0.39 is 4.92 Å². The zero-order chi connectivity index (χ0) is 27.2. The number of nitro groups is 1. The number of phenols is 1. The van der Waals surface area contributed by atoms with Crippen LogP contribution in [0.2, 0.25) is 0 Å². The topological polar surface area (TPSA) is 96.3 Å². The molecule has 3 aromatic carbocycles. The minimum Gasteiger partial charge on any atom is -0.507 e. The van der Waals surface area contributed by atoms with Crippen molar-refractivity contribution < 1.29 is 10.0 Å². The van der Waals surface area contributed by atoms with Gasteiger partial charge in [-0.05, 0) is 61.7 Å². The van der Waals surface area contributed by atoms with Crippen molar-refractivity contribution in [3.05, 3.63) is 98.2 Å². The molecule has 196 valence electrons. The van der Waals surface area contributed by atoms with Crippen LogP contribution in [0.4, 0.5) is 17.1 Å². The average molecular weight is 530 g/mol. The van der Waals surface area contributed by atoms with Gasteiger partial charge in [0.2, 0.25) is 4.80 Å². The number of benzene rings is 3. The number of non-ortho nitro benzene ring substituents is 1. The van der Waals surface area contributed by atoms with E-state index in [-0.39, 0.29) is 11.4 Å². The molecule has 0 atom stereocenters. The van der Waals surface area contributed by atoms with Crippen LogP contribution in [0.15, 0.2) is 82.2 Å². The molecule has 1 aromatic heterocycles. The third kappa shape index (κ3) is 6.00. The van der Waals surface area contributed by atoms with E-state index in [4.69, 9.17) is 4.99 Å². The molecule has 0 fully saturated rings. The van der Waals surface area contributed by atoms with E-state index in [9.17, 15) is 15.2 Å². The second kappa shape index (κ2) is 11.9. The minimum absolute atomic E-state index is 0.0207. The lowest BCUT2D eigenvalue weighted by atomic mass is 10.0. The maximum Gasteiger partial charge on any atom is 0.269 e. The Morgan fingerprint density at radius 3 is 2.32 bits per heavy atom. The van der Waals surface area contributed by atoms with Crippen LogP contribution >= 0.6 is 11.3 Å². The van der Waals surface area contributed by atoms with Crippen molar-refractivity contribution in [1.82, 2.24) is 4.68 Å². The highest BCUT2D eigenvalue weighted by Gasteiger charge is 2.12. The van der Waals surface area contributed by atoms with Crippen LogP contribution in [0.3, 0.4) is 0 Å². The zero-order valence-corrected chi connectivity index (χ0v) is 22.7. The van der Waals surface area contributed by atoms with Gasteiger partial charge in [-0.1, -0.05) is 26.0 Å². The van der Waals surface area contributed by atoms with Crippen LogP contribution in [0.1, 0.15) is 44.7 Å². The molecule has 1 N–H and O–H groups in total. The Morgan fingerprint density at radius 2 is 1.74 bits per heavy atom. The number of nitrogens with zero attached hydrogens (tertiary/aromatic N) is 5. The molecule has 1 heterocycles. The van der Waals surface area contributed by atoms with Crippen molar-refractivity contribution in [3.8, 4) is 17.0 Å². The maximum absolute atomic E-state index is 11.1. The van der Waals surface area contributed by atoms with Crippen LogP contribution in [-0.2, 0) is 0 Å². The summed E-state index contributed by atoms with van der Waals surface area (Å²) in [5.41, 5.74) is 5.06. The third-order valence-electron chi connectivity index (χ3n) is 6.30. The number of aromatic hydroxyl groups is 1. The Bertz CT molecular complexity index is 1500. The summed E-state index contributed by atoms with van der Waals surface area (Å²) in [5.74, 6) is 0.559. The van der Waals surface area contributed by atoms with Gasteiger partial charge in [0, 0.05) is 53.5 Å². The van der Waals surface area contributed by atoms with Gasteiger partial charge >= 0.3 is 0 Å². The molecule has 0 spiro atoms. The van der Waals surface area contributed by atoms with E-state index in [1.54, 1.807) is 29.1 Å². The van der Waals surface area contributed by atoms with Gasteiger partial charge < -0.3 is 10.0 Å². The quantitative estimate of drug-likeness (QED) is 0.145. The fourth-order valence-electron chi connectivity index (χ4n) is 4.03. The third-order valence-corrected chi connectivity index (χ3v) is 7.11. The van der Waals surface area contributed by atoms with Crippen molar-refractivity contribution in [2.45, 2.75) is 33.6 Å². The number of phenolic OH excluding ortho intramolecular Hbond substituents is 1. The number of hydrogen-bond donors (Lipinski definition) is 1. The van der Waals surface area contributed by atoms with E-state index in [1.165, 1.54) is 29.0 Å². The first-order valence-electron chi connectivity index (χ1n) is 12.5. The van der Waals surface area contributed by atoms with Crippen LogP contribution in [0, 0.1) is 10.1 Å². The highest BCUT2D eigenvalue weighted by atomic mass is 32.1. The normalized spacial score (nSPS) is 12.0. The summed E-state index contributed by atoms with van der Waals surface area (Å²) < 4.78 is 1.69. The van der Waals surface area contributed by atoms with Gasteiger partial charge in [-0.3, -0.25) is 10.1 Å². The second-order valence-electron chi connectivity index (χ2n) is 9.04. The number of rotatable bonds is 9. The Hall–Kier alpha value is -4.24. The minimum atomic E-state index is -0.421. The summed E-state index contributed by atoms with van der Waals surface area (Å²) in [5, 5.41) is 28.4. The van der Waals surface area contributed by atoms with Crippen LogP contribution in [0.25, 0.3) is 11.3 Å². The highest BCUT2D eigenvalue weighted by Crippen LogP contribution is 2.26. The first-order valence-corrected chi connectivity index (χ1v) is 13.4. The predicted octanol–water partition coefficient (Wildman–Crippen LogP) is 6.91. The predicted molar refractivity (Wildman–Crippen MR) is 155 cm³/mol. The number of nitro benzene ring substituents is 1. The zero-order valence-electron chi connectivity index (χ0n) is 21.9. The first kappa shape index (κ1) is 26.8. The Kier molecular flexibility index (Phi) is 8.38. The summed E-state index contributed by atoms with van der Waals surface area (Å²) in [6, 6.07) is 20.0. The SMILES string of the molecule is CCN(CC)c1ccc(C=Nn2c(-c3ccc([N+](=O)[O-])cc3)csc2=Nc2ccc(C(C)C)cc2)c(O)c1. The molecular weight excluding hydrogens is 498 g/mol. The van der Waals surface area contributed by atoms with Gasteiger partial charge in [0.25, 0.3) is 5.69 Å². The fraction of sp³-hybridized carbons (Fsp3) is 0.241. The van der Waals surface area contributed by atoms with Gasteiger partial charge in [-0.25, -0.2) is 9.67 Å². The molecule has 0 radical (unpaired) electrons. The smallest absolute Gasteiger partial charge is 0.269 e. The second-order valence-corrected chi connectivity index (χ2v) is 9.87.